The van der Waals surface area contributed by atoms with Gasteiger partial charge in [-0.3, -0.25) is 4.79 Å². The number of amides is 1. The largest absolute Gasteiger partial charge is 0.497 e. The first kappa shape index (κ1) is 21.2. The quantitative estimate of drug-likeness (QED) is 0.657. The number of aromatic nitrogens is 3. The molecule has 0 saturated carbocycles. The van der Waals surface area contributed by atoms with Crippen molar-refractivity contribution in [3.8, 4) is 17.2 Å². The van der Waals surface area contributed by atoms with Crippen LogP contribution in [0.15, 0.2) is 48.7 Å². The van der Waals surface area contributed by atoms with Crippen molar-refractivity contribution in [3.63, 3.8) is 0 Å². The molecule has 1 atom stereocenters. The number of rotatable bonds is 6. The van der Waals surface area contributed by atoms with Crippen molar-refractivity contribution in [2.24, 2.45) is 0 Å². The highest BCUT2D eigenvalue weighted by atomic mass is 19.4. The number of hydrogen-bond acceptors (Lipinski definition) is 5. The maximum atomic E-state index is 13.2. The third-order valence-electron chi connectivity index (χ3n) is 4.43. The number of nitrogens with one attached hydrogen (secondary N) is 1. The maximum Gasteiger partial charge on any atom is 0.418 e. The predicted molar refractivity (Wildman–Crippen MR) is 102 cm³/mol. The zero-order valence-electron chi connectivity index (χ0n) is 16.4. The summed E-state index contributed by atoms with van der Waals surface area (Å²) in [5, 5.41) is 10.1. The summed E-state index contributed by atoms with van der Waals surface area (Å²) in [6.07, 6.45) is -3.42. The van der Waals surface area contributed by atoms with Gasteiger partial charge in [-0.2, -0.15) is 13.2 Å². The number of methoxy groups -OCH3 is 2. The van der Waals surface area contributed by atoms with E-state index in [1.165, 1.54) is 32.4 Å². The molecule has 10 heteroatoms. The van der Waals surface area contributed by atoms with Gasteiger partial charge in [0.2, 0.25) is 0 Å². The summed E-state index contributed by atoms with van der Waals surface area (Å²) in [6, 6.07) is 9.58. The van der Waals surface area contributed by atoms with Gasteiger partial charge in [0, 0.05) is 5.56 Å². The fraction of sp³-hybridized carbons (Fsp3) is 0.250. The van der Waals surface area contributed by atoms with Crippen molar-refractivity contribution >= 4 is 5.91 Å². The van der Waals surface area contributed by atoms with Crippen molar-refractivity contribution in [3.05, 3.63) is 65.5 Å². The lowest BCUT2D eigenvalue weighted by atomic mass is 10.1. The molecule has 0 aliphatic carbocycles. The topological polar surface area (TPSA) is 78.3 Å². The highest BCUT2D eigenvalue weighted by Gasteiger charge is 2.34. The van der Waals surface area contributed by atoms with E-state index in [4.69, 9.17) is 9.47 Å². The Morgan fingerprint density at radius 1 is 1.13 bits per heavy atom. The number of carbonyl (C=O) groups excluding carboxylic acids is 1. The third kappa shape index (κ3) is 4.37. The Bertz CT molecular complexity index is 1050. The second-order valence-electron chi connectivity index (χ2n) is 6.37. The summed E-state index contributed by atoms with van der Waals surface area (Å²) in [5.41, 5.74) is -0.559. The molecule has 1 N–H and O–H groups in total. The van der Waals surface area contributed by atoms with Crippen LogP contribution in [0.4, 0.5) is 13.2 Å². The molecule has 1 aromatic heterocycles. The highest BCUT2D eigenvalue weighted by Crippen LogP contribution is 2.33. The molecule has 2 aromatic carbocycles. The van der Waals surface area contributed by atoms with Crippen LogP contribution in [0.5, 0.6) is 11.5 Å². The van der Waals surface area contributed by atoms with E-state index < -0.39 is 23.7 Å². The number of halogens is 3. The van der Waals surface area contributed by atoms with Crippen LogP contribution in [0.1, 0.15) is 34.6 Å². The lowest BCUT2D eigenvalue weighted by molar-refractivity contribution is -0.137. The second-order valence-corrected chi connectivity index (χ2v) is 6.37. The minimum absolute atomic E-state index is 0.124. The Balaban J connectivity index is 1.83. The zero-order valence-corrected chi connectivity index (χ0v) is 16.4. The van der Waals surface area contributed by atoms with E-state index in [1.54, 1.807) is 25.1 Å². The van der Waals surface area contributed by atoms with Gasteiger partial charge in [0.1, 0.15) is 11.5 Å². The minimum atomic E-state index is -4.57. The van der Waals surface area contributed by atoms with Crippen LogP contribution in [-0.4, -0.2) is 35.1 Å². The van der Waals surface area contributed by atoms with Gasteiger partial charge in [0.05, 0.1) is 37.7 Å². The van der Waals surface area contributed by atoms with E-state index in [1.807, 2.05) is 0 Å². The summed E-state index contributed by atoms with van der Waals surface area (Å²) in [7, 11) is 3.02. The average Bonchev–Trinajstić information content (AvgIpc) is 3.23. The summed E-state index contributed by atoms with van der Waals surface area (Å²) >= 11 is 0. The van der Waals surface area contributed by atoms with Crippen molar-refractivity contribution < 1.29 is 27.4 Å². The number of carbonyl (C=O) groups is 1. The Morgan fingerprint density at radius 2 is 1.87 bits per heavy atom. The fourth-order valence-electron chi connectivity index (χ4n) is 2.92. The van der Waals surface area contributed by atoms with E-state index in [-0.39, 0.29) is 11.4 Å². The van der Waals surface area contributed by atoms with E-state index in [9.17, 15) is 18.0 Å². The number of para-hydroxylation sites is 1. The molecule has 158 valence electrons. The van der Waals surface area contributed by atoms with Gasteiger partial charge >= 0.3 is 6.18 Å². The number of nitrogens with zero attached hydrogens (tertiary/aromatic N) is 3. The fourth-order valence-corrected chi connectivity index (χ4v) is 2.92. The molecule has 0 saturated heterocycles. The first-order valence-corrected chi connectivity index (χ1v) is 8.86. The number of ether oxygens (including phenoxy) is 2. The van der Waals surface area contributed by atoms with Crippen LogP contribution in [0.2, 0.25) is 0 Å². The first-order valence-electron chi connectivity index (χ1n) is 8.86. The molecule has 0 radical (unpaired) electrons. The molecular weight excluding hydrogens is 401 g/mol. The van der Waals surface area contributed by atoms with Gasteiger partial charge in [0.25, 0.3) is 5.91 Å². The van der Waals surface area contributed by atoms with Gasteiger partial charge < -0.3 is 14.8 Å². The molecule has 3 rings (SSSR count). The molecule has 0 unspecified atom stereocenters. The smallest absolute Gasteiger partial charge is 0.418 e. The molecule has 30 heavy (non-hydrogen) atoms. The summed E-state index contributed by atoms with van der Waals surface area (Å²) in [4.78, 5) is 12.6. The SMILES string of the molecule is COc1ccc(OC)c([C@H](C)NC(=O)c2cn(-c3ccccc3C(F)(F)F)nn2)c1. The monoisotopic (exact) mass is 420 g/mol. The molecule has 3 aromatic rings. The average molecular weight is 420 g/mol. The van der Waals surface area contributed by atoms with Crippen molar-refractivity contribution in [1.82, 2.24) is 20.3 Å². The minimum Gasteiger partial charge on any atom is -0.497 e. The van der Waals surface area contributed by atoms with Crippen molar-refractivity contribution in [2.75, 3.05) is 14.2 Å². The van der Waals surface area contributed by atoms with Crippen LogP contribution in [-0.2, 0) is 6.18 Å². The van der Waals surface area contributed by atoms with Gasteiger partial charge in [-0.05, 0) is 37.3 Å². The van der Waals surface area contributed by atoms with E-state index in [2.05, 4.69) is 15.6 Å². The van der Waals surface area contributed by atoms with Crippen molar-refractivity contribution in [2.45, 2.75) is 19.1 Å². The molecule has 0 bridgehead atoms. The first-order chi connectivity index (χ1) is 14.2. The molecule has 1 heterocycles. The van der Waals surface area contributed by atoms with Gasteiger partial charge in [-0.15, -0.1) is 5.10 Å². The standard InChI is InChI=1S/C20H19F3N4O3/c1-12(14-10-13(29-2)8-9-18(14)30-3)24-19(28)16-11-27(26-25-16)17-7-5-4-6-15(17)20(21,22)23/h4-12H,1-3H3,(H,24,28)/t12-/m0/s1. The maximum absolute atomic E-state index is 13.2. The lowest BCUT2D eigenvalue weighted by Gasteiger charge is -2.17. The Morgan fingerprint density at radius 3 is 2.53 bits per heavy atom. The van der Waals surface area contributed by atoms with E-state index in [0.717, 1.165) is 16.9 Å². The number of benzene rings is 2. The Kier molecular flexibility index (Phi) is 5.95. The van der Waals surface area contributed by atoms with Crippen LogP contribution in [0.25, 0.3) is 5.69 Å². The normalized spacial score (nSPS) is 12.3. The molecule has 0 aliphatic rings. The van der Waals surface area contributed by atoms with Crippen molar-refractivity contribution in [1.29, 1.82) is 0 Å². The van der Waals surface area contributed by atoms with Crippen LogP contribution in [0, 0.1) is 0 Å². The van der Waals surface area contributed by atoms with E-state index >= 15 is 0 Å². The molecule has 7 nitrogen and oxygen atoms in total. The highest BCUT2D eigenvalue weighted by molar-refractivity contribution is 5.92. The second kappa shape index (κ2) is 8.44. The molecular formula is C20H19F3N4O3. The van der Waals surface area contributed by atoms with Gasteiger partial charge in [-0.25, -0.2) is 4.68 Å². The molecule has 1 amide bonds. The molecule has 0 spiro atoms. The summed E-state index contributed by atoms with van der Waals surface area (Å²) in [5.74, 6) is 0.538. The van der Waals surface area contributed by atoms with Crippen LogP contribution < -0.4 is 14.8 Å². The number of alkyl halides is 3. The predicted octanol–water partition coefficient (Wildman–Crippen LogP) is 3.79. The molecule has 0 aliphatic heterocycles. The Labute approximate surface area is 170 Å². The number of hydrogen-bond donors (Lipinski definition) is 1. The summed E-state index contributed by atoms with van der Waals surface area (Å²) < 4.78 is 51.1. The molecule has 0 fully saturated rings. The van der Waals surface area contributed by atoms with Gasteiger partial charge in [0.15, 0.2) is 5.69 Å². The van der Waals surface area contributed by atoms with Crippen LogP contribution >= 0.6 is 0 Å². The van der Waals surface area contributed by atoms with Crippen LogP contribution in [0.3, 0.4) is 0 Å². The Hall–Kier alpha value is -3.56. The van der Waals surface area contributed by atoms with E-state index in [0.29, 0.717) is 17.1 Å². The third-order valence-corrected chi connectivity index (χ3v) is 4.43. The lowest BCUT2D eigenvalue weighted by Crippen LogP contribution is -2.27. The summed E-state index contributed by atoms with van der Waals surface area (Å²) in [6.45, 7) is 1.73. The zero-order chi connectivity index (χ0) is 21.9. The van der Waals surface area contributed by atoms with Gasteiger partial charge in [-0.1, -0.05) is 17.3 Å².